The van der Waals surface area contributed by atoms with Gasteiger partial charge in [-0.25, -0.2) is 4.68 Å². The third kappa shape index (κ3) is 6.10. The molecule has 1 saturated heterocycles. The van der Waals surface area contributed by atoms with Crippen LogP contribution in [0.4, 0.5) is 0 Å². The highest BCUT2D eigenvalue weighted by atomic mass is 16.7. The topological polar surface area (TPSA) is 72.7 Å². The molecule has 2 heterocycles. The second-order valence-electron chi connectivity index (χ2n) is 7.51. The summed E-state index contributed by atoms with van der Waals surface area (Å²) >= 11 is 0. The van der Waals surface area contributed by atoms with E-state index < -0.39 is 6.29 Å². The Bertz CT molecular complexity index is 804. The fourth-order valence-corrected chi connectivity index (χ4v) is 3.69. The van der Waals surface area contributed by atoms with Crippen molar-refractivity contribution in [3.63, 3.8) is 0 Å². The summed E-state index contributed by atoms with van der Waals surface area (Å²) < 4.78 is 12.7. The summed E-state index contributed by atoms with van der Waals surface area (Å²) in [6.07, 6.45) is 2.24. The van der Waals surface area contributed by atoms with E-state index in [0.717, 1.165) is 32.6 Å². The molecule has 0 unspecified atom stereocenters. The van der Waals surface area contributed by atoms with Crippen LogP contribution < -0.4 is 0 Å². The molecule has 164 valence electrons. The van der Waals surface area contributed by atoms with Crippen LogP contribution >= 0.6 is 0 Å². The Morgan fingerprint density at radius 1 is 1.10 bits per heavy atom. The van der Waals surface area contributed by atoms with Crippen molar-refractivity contribution >= 4 is 5.91 Å². The van der Waals surface area contributed by atoms with Gasteiger partial charge in [0.05, 0.1) is 12.7 Å². The van der Waals surface area contributed by atoms with Crippen molar-refractivity contribution in [2.24, 2.45) is 0 Å². The van der Waals surface area contributed by atoms with Gasteiger partial charge in [0.2, 0.25) is 0 Å². The molecule has 0 atom stereocenters. The van der Waals surface area contributed by atoms with Crippen LogP contribution in [0.1, 0.15) is 41.9 Å². The number of carbonyl (C=O) groups excluding carboxylic acids is 1. The molecule has 30 heavy (non-hydrogen) atoms. The Hall–Kier alpha value is -2.29. The largest absolute Gasteiger partial charge is 0.351 e. The molecular weight excluding hydrogens is 382 g/mol. The molecule has 0 N–H and O–H groups in total. The highest BCUT2D eigenvalue weighted by Gasteiger charge is 2.23. The third-order valence-electron chi connectivity index (χ3n) is 5.33. The Balaban J connectivity index is 1.56. The Labute approximate surface area is 178 Å². The molecule has 3 rings (SSSR count). The van der Waals surface area contributed by atoms with Crippen molar-refractivity contribution in [3.8, 4) is 0 Å². The molecule has 2 aromatic rings. The minimum Gasteiger partial charge on any atom is -0.351 e. The lowest BCUT2D eigenvalue weighted by Crippen LogP contribution is -2.35. The summed E-state index contributed by atoms with van der Waals surface area (Å²) in [6, 6.07) is 8.48. The Morgan fingerprint density at radius 3 is 2.60 bits per heavy atom. The minimum atomic E-state index is -0.391. The quantitative estimate of drug-likeness (QED) is 0.586. The molecule has 0 radical (unpaired) electrons. The van der Waals surface area contributed by atoms with Gasteiger partial charge in [-0.05, 0) is 38.3 Å². The average Bonchev–Trinajstić information content (AvgIpc) is 3.07. The van der Waals surface area contributed by atoms with E-state index in [1.165, 1.54) is 11.1 Å². The summed E-state index contributed by atoms with van der Waals surface area (Å²) in [5.41, 5.74) is 3.02. The molecule has 8 nitrogen and oxygen atoms in total. The van der Waals surface area contributed by atoms with Crippen molar-refractivity contribution in [3.05, 3.63) is 47.3 Å². The number of rotatable bonds is 9. The molecule has 0 saturated carbocycles. The lowest BCUT2D eigenvalue weighted by Gasteiger charge is -2.22. The van der Waals surface area contributed by atoms with Gasteiger partial charge in [-0.3, -0.25) is 9.69 Å². The molecule has 1 aromatic heterocycles. The van der Waals surface area contributed by atoms with E-state index in [9.17, 15) is 4.79 Å². The van der Waals surface area contributed by atoms with E-state index in [4.69, 9.17) is 9.47 Å². The number of aromatic nitrogens is 3. The van der Waals surface area contributed by atoms with Crippen LogP contribution in [0.15, 0.2) is 30.5 Å². The van der Waals surface area contributed by atoms with E-state index in [1.807, 2.05) is 18.7 Å². The molecule has 1 aliphatic heterocycles. The van der Waals surface area contributed by atoms with Crippen LogP contribution in [0.2, 0.25) is 0 Å². The van der Waals surface area contributed by atoms with Crippen LogP contribution in [-0.2, 0) is 22.6 Å². The highest BCUT2D eigenvalue weighted by molar-refractivity contribution is 5.91. The van der Waals surface area contributed by atoms with Gasteiger partial charge in [0.15, 0.2) is 12.0 Å². The first kappa shape index (κ1) is 22.4. The number of ether oxygens (including phenoxy) is 2. The molecule has 1 aromatic carbocycles. The standard InChI is InChI=1S/C22H33N5O3/c1-4-29-21(30-5-2)17-27-16-20(23-24-27)22(28)26-12-8-11-25(13-14-26)15-19-10-7-6-9-18(19)3/h6-7,9-10,16,21H,4-5,8,11-15,17H2,1-3H3. The van der Waals surface area contributed by atoms with Gasteiger partial charge in [0.1, 0.15) is 0 Å². The molecule has 0 aliphatic carbocycles. The second-order valence-corrected chi connectivity index (χ2v) is 7.51. The fourth-order valence-electron chi connectivity index (χ4n) is 3.69. The summed E-state index contributed by atoms with van der Waals surface area (Å²) in [7, 11) is 0. The third-order valence-corrected chi connectivity index (χ3v) is 5.33. The second kappa shape index (κ2) is 11.2. The van der Waals surface area contributed by atoms with Crippen molar-refractivity contribution in [2.75, 3.05) is 39.4 Å². The van der Waals surface area contributed by atoms with E-state index in [-0.39, 0.29) is 5.91 Å². The van der Waals surface area contributed by atoms with Gasteiger partial charge in [0, 0.05) is 45.9 Å². The van der Waals surface area contributed by atoms with Crippen LogP contribution in [0.5, 0.6) is 0 Å². The van der Waals surface area contributed by atoms with E-state index in [1.54, 1.807) is 10.9 Å². The summed E-state index contributed by atoms with van der Waals surface area (Å²) in [5.74, 6) is -0.0663. The van der Waals surface area contributed by atoms with Gasteiger partial charge in [-0.1, -0.05) is 29.5 Å². The molecule has 0 spiro atoms. The molecule has 8 heteroatoms. The van der Waals surface area contributed by atoms with Crippen molar-refractivity contribution in [1.82, 2.24) is 24.8 Å². The number of amides is 1. The minimum absolute atomic E-state index is 0.0663. The number of aryl methyl sites for hydroxylation is 1. The van der Waals surface area contributed by atoms with Gasteiger partial charge in [-0.2, -0.15) is 0 Å². The zero-order valence-electron chi connectivity index (χ0n) is 18.3. The van der Waals surface area contributed by atoms with Crippen molar-refractivity contribution in [1.29, 1.82) is 0 Å². The predicted molar refractivity (Wildman–Crippen MR) is 114 cm³/mol. The van der Waals surface area contributed by atoms with E-state index in [0.29, 0.717) is 32.0 Å². The lowest BCUT2D eigenvalue weighted by atomic mass is 10.1. The number of carbonyl (C=O) groups is 1. The maximum absolute atomic E-state index is 13.0. The summed E-state index contributed by atoms with van der Waals surface area (Å²) in [5, 5.41) is 8.18. The molecule has 1 amide bonds. The van der Waals surface area contributed by atoms with Crippen LogP contribution in [-0.4, -0.2) is 76.4 Å². The molecule has 1 aliphatic rings. The fraction of sp³-hybridized carbons (Fsp3) is 0.591. The summed E-state index contributed by atoms with van der Waals surface area (Å²) in [6.45, 7) is 11.7. The van der Waals surface area contributed by atoms with Crippen molar-refractivity contribution < 1.29 is 14.3 Å². The first-order valence-electron chi connectivity index (χ1n) is 10.8. The number of hydrogen-bond acceptors (Lipinski definition) is 6. The van der Waals surface area contributed by atoms with Gasteiger partial charge in [0.25, 0.3) is 5.91 Å². The van der Waals surface area contributed by atoms with E-state index >= 15 is 0 Å². The van der Waals surface area contributed by atoms with Gasteiger partial charge < -0.3 is 14.4 Å². The number of nitrogens with zero attached hydrogens (tertiary/aromatic N) is 5. The zero-order valence-corrected chi connectivity index (χ0v) is 18.3. The smallest absolute Gasteiger partial charge is 0.276 e. The Kier molecular flexibility index (Phi) is 8.36. The Morgan fingerprint density at radius 2 is 1.87 bits per heavy atom. The number of hydrogen-bond donors (Lipinski definition) is 0. The predicted octanol–water partition coefficient (Wildman–Crippen LogP) is 2.33. The highest BCUT2D eigenvalue weighted by Crippen LogP contribution is 2.14. The molecule has 1 fully saturated rings. The zero-order chi connectivity index (χ0) is 21.3. The first-order chi connectivity index (χ1) is 14.6. The van der Waals surface area contributed by atoms with Gasteiger partial charge >= 0.3 is 0 Å². The van der Waals surface area contributed by atoms with Crippen LogP contribution in [0.3, 0.4) is 0 Å². The van der Waals surface area contributed by atoms with E-state index in [2.05, 4.69) is 46.4 Å². The molecular formula is C22H33N5O3. The summed E-state index contributed by atoms with van der Waals surface area (Å²) in [4.78, 5) is 17.3. The maximum Gasteiger partial charge on any atom is 0.276 e. The monoisotopic (exact) mass is 415 g/mol. The molecule has 0 bridgehead atoms. The van der Waals surface area contributed by atoms with Crippen molar-refractivity contribution in [2.45, 2.75) is 46.6 Å². The van der Waals surface area contributed by atoms with Crippen LogP contribution in [0.25, 0.3) is 0 Å². The average molecular weight is 416 g/mol. The SMILES string of the molecule is CCOC(Cn1cc(C(=O)N2CCCN(Cc3ccccc3C)CC2)nn1)OCC. The normalized spacial score (nSPS) is 15.5. The maximum atomic E-state index is 13.0. The first-order valence-corrected chi connectivity index (χ1v) is 10.8. The number of benzene rings is 1. The van der Waals surface area contributed by atoms with Crippen LogP contribution in [0, 0.1) is 6.92 Å². The van der Waals surface area contributed by atoms with Gasteiger partial charge in [-0.15, -0.1) is 5.10 Å². The lowest BCUT2D eigenvalue weighted by molar-refractivity contribution is -0.145.